The standard InChI is InChI=1S/C33H30Cl2N2O5/c1-42-25-8-6-7-22(19-25)21-36-32(40)28-11-4-2-9-26(28)27-10-3-5-12-29(27)33(41)37(18-16-31(38)39)17-15-23-13-14-24(34)20-30(23)35/h2-14,19-20H,15-18,21H2,1H3,(H,36,40)(H,38,39). The van der Waals surface area contributed by atoms with Crippen molar-refractivity contribution in [3.05, 3.63) is 123 Å². The van der Waals surface area contributed by atoms with Gasteiger partial charge in [-0.3, -0.25) is 14.4 Å². The Bertz CT molecular complexity index is 1590. The summed E-state index contributed by atoms with van der Waals surface area (Å²) in [5, 5.41) is 13.3. The molecule has 42 heavy (non-hydrogen) atoms. The number of carbonyl (C=O) groups is 3. The first-order valence-electron chi connectivity index (χ1n) is 13.3. The smallest absolute Gasteiger partial charge is 0.305 e. The first kappa shape index (κ1) is 30.6. The summed E-state index contributed by atoms with van der Waals surface area (Å²) >= 11 is 12.4. The van der Waals surface area contributed by atoms with Gasteiger partial charge >= 0.3 is 5.97 Å². The van der Waals surface area contributed by atoms with Crippen LogP contribution in [0.3, 0.4) is 0 Å². The van der Waals surface area contributed by atoms with Crippen LogP contribution in [-0.2, 0) is 17.8 Å². The molecule has 9 heteroatoms. The number of nitrogens with one attached hydrogen (secondary N) is 1. The predicted molar refractivity (Wildman–Crippen MR) is 164 cm³/mol. The van der Waals surface area contributed by atoms with Gasteiger partial charge in [0, 0.05) is 40.8 Å². The fraction of sp³-hybridized carbons (Fsp3) is 0.182. The molecular formula is C33H30Cl2N2O5. The van der Waals surface area contributed by atoms with Crippen molar-refractivity contribution in [2.45, 2.75) is 19.4 Å². The molecule has 0 saturated heterocycles. The van der Waals surface area contributed by atoms with Crippen LogP contribution in [0.15, 0.2) is 91.0 Å². The molecule has 0 aliphatic carbocycles. The summed E-state index contributed by atoms with van der Waals surface area (Å²) in [5.74, 6) is -0.955. The van der Waals surface area contributed by atoms with Gasteiger partial charge in [0.2, 0.25) is 0 Å². The molecule has 0 aliphatic rings. The van der Waals surface area contributed by atoms with Crippen molar-refractivity contribution < 1.29 is 24.2 Å². The first-order valence-corrected chi connectivity index (χ1v) is 14.1. The molecule has 4 rings (SSSR count). The number of nitrogens with zero attached hydrogens (tertiary/aromatic N) is 1. The summed E-state index contributed by atoms with van der Waals surface area (Å²) in [6, 6.07) is 26.7. The minimum absolute atomic E-state index is 0.0103. The van der Waals surface area contributed by atoms with E-state index in [1.165, 1.54) is 4.90 Å². The Hall–Kier alpha value is -4.33. The Morgan fingerprint density at radius 3 is 2.21 bits per heavy atom. The second-order valence-corrected chi connectivity index (χ2v) is 10.4. The number of rotatable bonds is 12. The van der Waals surface area contributed by atoms with Gasteiger partial charge in [-0.05, 0) is 65.1 Å². The lowest BCUT2D eigenvalue weighted by Gasteiger charge is -2.24. The minimum atomic E-state index is -1.01. The summed E-state index contributed by atoms with van der Waals surface area (Å²) in [6.07, 6.45) is 0.193. The fourth-order valence-electron chi connectivity index (χ4n) is 4.58. The highest BCUT2D eigenvalue weighted by molar-refractivity contribution is 6.35. The summed E-state index contributed by atoms with van der Waals surface area (Å²) in [6.45, 7) is 0.544. The third-order valence-corrected chi connectivity index (χ3v) is 7.34. The monoisotopic (exact) mass is 604 g/mol. The zero-order chi connectivity index (χ0) is 30.1. The van der Waals surface area contributed by atoms with E-state index >= 15 is 0 Å². The molecule has 4 aromatic carbocycles. The van der Waals surface area contributed by atoms with Crippen LogP contribution in [0.1, 0.15) is 38.3 Å². The van der Waals surface area contributed by atoms with Crippen molar-refractivity contribution in [1.29, 1.82) is 0 Å². The maximum Gasteiger partial charge on any atom is 0.305 e. The lowest BCUT2D eigenvalue weighted by molar-refractivity contribution is -0.137. The Morgan fingerprint density at radius 1 is 0.833 bits per heavy atom. The molecule has 216 valence electrons. The van der Waals surface area contributed by atoms with Gasteiger partial charge in [0.05, 0.1) is 13.5 Å². The van der Waals surface area contributed by atoms with Gasteiger partial charge in [-0.15, -0.1) is 0 Å². The molecular weight excluding hydrogens is 575 g/mol. The second-order valence-electron chi connectivity index (χ2n) is 9.55. The number of amides is 2. The molecule has 7 nitrogen and oxygen atoms in total. The van der Waals surface area contributed by atoms with Crippen molar-refractivity contribution in [3.63, 3.8) is 0 Å². The second kappa shape index (κ2) is 14.5. The van der Waals surface area contributed by atoms with Crippen LogP contribution in [0.25, 0.3) is 11.1 Å². The molecule has 0 heterocycles. The Balaban J connectivity index is 1.60. The molecule has 0 spiro atoms. The summed E-state index contributed by atoms with van der Waals surface area (Å²) < 4.78 is 5.27. The maximum atomic E-state index is 13.9. The molecule has 0 atom stereocenters. The van der Waals surface area contributed by atoms with E-state index in [0.717, 1.165) is 11.1 Å². The molecule has 0 aromatic heterocycles. The molecule has 0 fully saturated rings. The van der Waals surface area contributed by atoms with E-state index < -0.39 is 5.97 Å². The maximum absolute atomic E-state index is 13.9. The number of aliphatic carboxylic acids is 1. The molecule has 0 unspecified atom stereocenters. The van der Waals surface area contributed by atoms with Crippen molar-refractivity contribution in [2.24, 2.45) is 0 Å². The van der Waals surface area contributed by atoms with E-state index in [2.05, 4.69) is 5.32 Å². The Morgan fingerprint density at radius 2 is 1.52 bits per heavy atom. The van der Waals surface area contributed by atoms with E-state index in [1.807, 2.05) is 24.3 Å². The lowest BCUT2D eigenvalue weighted by atomic mass is 9.94. The van der Waals surface area contributed by atoms with Gasteiger partial charge in [0.25, 0.3) is 11.8 Å². The highest BCUT2D eigenvalue weighted by atomic mass is 35.5. The van der Waals surface area contributed by atoms with Crippen molar-refractivity contribution in [3.8, 4) is 16.9 Å². The van der Waals surface area contributed by atoms with E-state index in [0.29, 0.717) is 51.0 Å². The average Bonchev–Trinajstić information content (AvgIpc) is 3.00. The number of carboxylic acids is 1. The number of carboxylic acid groups (broad SMARTS) is 1. The molecule has 2 amide bonds. The van der Waals surface area contributed by atoms with Crippen molar-refractivity contribution in [2.75, 3.05) is 20.2 Å². The van der Waals surface area contributed by atoms with Gasteiger partial charge < -0.3 is 20.1 Å². The molecule has 2 N–H and O–H groups in total. The predicted octanol–water partition coefficient (Wildman–Crippen LogP) is 6.76. The van der Waals surface area contributed by atoms with Crippen LogP contribution < -0.4 is 10.1 Å². The van der Waals surface area contributed by atoms with Crippen molar-refractivity contribution in [1.82, 2.24) is 10.2 Å². The fourth-order valence-corrected chi connectivity index (χ4v) is 5.08. The van der Waals surface area contributed by atoms with E-state index in [9.17, 15) is 19.5 Å². The largest absolute Gasteiger partial charge is 0.497 e. The molecule has 0 radical (unpaired) electrons. The topological polar surface area (TPSA) is 95.9 Å². The number of hydrogen-bond donors (Lipinski definition) is 2. The van der Waals surface area contributed by atoms with Crippen LogP contribution in [0, 0.1) is 0 Å². The third-order valence-electron chi connectivity index (χ3n) is 6.76. The van der Waals surface area contributed by atoms with Gasteiger partial charge in [0.15, 0.2) is 0 Å². The van der Waals surface area contributed by atoms with Gasteiger partial charge in [-0.1, -0.05) is 77.8 Å². The van der Waals surface area contributed by atoms with Crippen LogP contribution >= 0.6 is 23.2 Å². The lowest BCUT2D eigenvalue weighted by Crippen LogP contribution is -2.35. The molecule has 0 aliphatic heterocycles. The van der Waals surface area contributed by atoms with E-state index in [1.54, 1.807) is 73.8 Å². The van der Waals surface area contributed by atoms with Gasteiger partial charge in [0.1, 0.15) is 5.75 Å². The summed E-state index contributed by atoms with van der Waals surface area (Å²) in [5.41, 5.74) is 3.60. The van der Waals surface area contributed by atoms with Crippen molar-refractivity contribution >= 4 is 41.0 Å². The number of carbonyl (C=O) groups excluding carboxylic acids is 2. The van der Waals surface area contributed by atoms with Gasteiger partial charge in [-0.25, -0.2) is 0 Å². The summed E-state index contributed by atoms with van der Waals surface area (Å²) in [4.78, 5) is 40.2. The number of ether oxygens (including phenoxy) is 1. The van der Waals surface area contributed by atoms with Crippen LogP contribution in [0.4, 0.5) is 0 Å². The van der Waals surface area contributed by atoms with Crippen LogP contribution in [0.2, 0.25) is 10.0 Å². The molecule has 0 bridgehead atoms. The summed E-state index contributed by atoms with van der Waals surface area (Å²) in [7, 11) is 1.59. The number of methoxy groups -OCH3 is 1. The minimum Gasteiger partial charge on any atom is -0.497 e. The zero-order valence-corrected chi connectivity index (χ0v) is 24.5. The molecule has 0 saturated carbocycles. The van der Waals surface area contributed by atoms with Crippen LogP contribution in [-0.4, -0.2) is 48.0 Å². The first-order chi connectivity index (χ1) is 20.3. The quantitative estimate of drug-likeness (QED) is 0.186. The zero-order valence-electron chi connectivity index (χ0n) is 23.0. The number of halogens is 2. The highest BCUT2D eigenvalue weighted by Crippen LogP contribution is 2.29. The highest BCUT2D eigenvalue weighted by Gasteiger charge is 2.23. The average molecular weight is 606 g/mol. The van der Waals surface area contributed by atoms with E-state index in [4.69, 9.17) is 27.9 Å². The van der Waals surface area contributed by atoms with Crippen LogP contribution in [0.5, 0.6) is 5.75 Å². The number of hydrogen-bond acceptors (Lipinski definition) is 4. The van der Waals surface area contributed by atoms with E-state index in [-0.39, 0.29) is 31.3 Å². The Labute approximate surface area is 254 Å². The number of benzene rings is 4. The third kappa shape index (κ3) is 7.90. The van der Waals surface area contributed by atoms with Gasteiger partial charge in [-0.2, -0.15) is 0 Å². The SMILES string of the molecule is COc1cccc(CNC(=O)c2ccccc2-c2ccccc2C(=O)N(CCC(=O)O)CCc2ccc(Cl)cc2Cl)c1. The normalized spacial score (nSPS) is 10.6. The Kier molecular flexibility index (Phi) is 10.6. The molecule has 4 aromatic rings.